The van der Waals surface area contributed by atoms with Crippen LogP contribution < -0.4 is 4.72 Å². The second-order valence-electron chi connectivity index (χ2n) is 4.82. The quantitative estimate of drug-likeness (QED) is 0.627. The van der Waals surface area contributed by atoms with Crippen molar-refractivity contribution in [3.63, 3.8) is 0 Å². The topological polar surface area (TPSA) is 49.4 Å². The van der Waals surface area contributed by atoms with Crippen molar-refractivity contribution in [3.8, 4) is 0 Å². The Kier molecular flexibility index (Phi) is 9.21. The monoisotopic (exact) mass is 298 g/mol. The molecule has 0 saturated carbocycles. The maximum Gasteiger partial charge on any atom is 0.211 e. The van der Waals surface area contributed by atoms with Gasteiger partial charge in [-0.3, -0.25) is 0 Å². The standard InChI is InChI=1S/C12H27ClN2O2S/c1-5-11(6-2)12(15(3)4)10-14-18(16,17)9-7-8-13/h11-12,14H,5-10H2,1-4H3. The fourth-order valence-electron chi connectivity index (χ4n) is 2.13. The predicted molar refractivity (Wildman–Crippen MR) is 78.7 cm³/mol. The van der Waals surface area contributed by atoms with Gasteiger partial charge in [-0.05, 0) is 26.4 Å². The van der Waals surface area contributed by atoms with Crippen LogP contribution in [-0.2, 0) is 10.0 Å². The first-order valence-corrected chi connectivity index (χ1v) is 8.76. The summed E-state index contributed by atoms with van der Waals surface area (Å²) in [7, 11) is 0.809. The van der Waals surface area contributed by atoms with Crippen LogP contribution in [0.3, 0.4) is 0 Å². The molecule has 18 heavy (non-hydrogen) atoms. The fourth-order valence-corrected chi connectivity index (χ4v) is 3.52. The molecule has 0 aromatic carbocycles. The van der Waals surface area contributed by atoms with Gasteiger partial charge in [-0.15, -0.1) is 11.6 Å². The summed E-state index contributed by atoms with van der Waals surface area (Å²) < 4.78 is 26.2. The van der Waals surface area contributed by atoms with Crippen LogP contribution in [0, 0.1) is 5.92 Å². The van der Waals surface area contributed by atoms with Crippen molar-refractivity contribution in [1.29, 1.82) is 0 Å². The Morgan fingerprint density at radius 1 is 1.22 bits per heavy atom. The van der Waals surface area contributed by atoms with Crippen molar-refractivity contribution in [2.75, 3.05) is 32.3 Å². The van der Waals surface area contributed by atoms with Crippen molar-refractivity contribution >= 4 is 21.6 Å². The first kappa shape index (κ1) is 18.2. The average molecular weight is 299 g/mol. The summed E-state index contributed by atoms with van der Waals surface area (Å²) >= 11 is 5.52. The highest BCUT2D eigenvalue weighted by molar-refractivity contribution is 7.89. The lowest BCUT2D eigenvalue weighted by molar-refractivity contribution is 0.201. The molecule has 0 rings (SSSR count). The molecule has 0 heterocycles. The largest absolute Gasteiger partial charge is 0.305 e. The van der Waals surface area contributed by atoms with Gasteiger partial charge in [0.05, 0.1) is 5.75 Å². The molecule has 0 spiro atoms. The lowest BCUT2D eigenvalue weighted by atomic mass is 9.93. The average Bonchev–Trinajstić information content (AvgIpc) is 2.31. The van der Waals surface area contributed by atoms with Crippen molar-refractivity contribution in [3.05, 3.63) is 0 Å². The van der Waals surface area contributed by atoms with E-state index in [0.29, 0.717) is 24.8 Å². The van der Waals surface area contributed by atoms with Crippen LogP contribution in [0.25, 0.3) is 0 Å². The zero-order chi connectivity index (χ0) is 14.2. The van der Waals surface area contributed by atoms with E-state index in [1.54, 1.807) is 0 Å². The van der Waals surface area contributed by atoms with Crippen LogP contribution in [0.5, 0.6) is 0 Å². The first-order valence-electron chi connectivity index (χ1n) is 6.57. The minimum absolute atomic E-state index is 0.111. The molecule has 0 saturated heterocycles. The Morgan fingerprint density at radius 2 is 1.78 bits per heavy atom. The number of nitrogens with one attached hydrogen (secondary N) is 1. The maximum absolute atomic E-state index is 11.7. The smallest absolute Gasteiger partial charge is 0.211 e. The van der Waals surface area contributed by atoms with Crippen LogP contribution >= 0.6 is 11.6 Å². The van der Waals surface area contributed by atoms with Crippen LogP contribution in [0.1, 0.15) is 33.1 Å². The summed E-state index contributed by atoms with van der Waals surface area (Å²) in [4.78, 5) is 2.10. The molecule has 110 valence electrons. The van der Waals surface area contributed by atoms with E-state index < -0.39 is 10.0 Å². The lowest BCUT2D eigenvalue weighted by Crippen LogP contribution is -2.45. The maximum atomic E-state index is 11.7. The lowest BCUT2D eigenvalue weighted by Gasteiger charge is -2.31. The zero-order valence-corrected chi connectivity index (χ0v) is 13.5. The molecule has 0 bridgehead atoms. The predicted octanol–water partition coefficient (Wildman–Crippen LogP) is 1.90. The van der Waals surface area contributed by atoms with Gasteiger partial charge in [0.1, 0.15) is 0 Å². The molecule has 0 aromatic heterocycles. The molecular weight excluding hydrogens is 272 g/mol. The molecule has 0 aliphatic rings. The summed E-state index contributed by atoms with van der Waals surface area (Å²) in [6.07, 6.45) is 2.61. The number of likely N-dealkylation sites (N-methyl/N-ethyl adjacent to an activating group) is 1. The van der Waals surface area contributed by atoms with E-state index in [2.05, 4.69) is 23.5 Å². The second kappa shape index (κ2) is 9.13. The minimum Gasteiger partial charge on any atom is -0.305 e. The molecule has 0 aromatic rings. The van der Waals surface area contributed by atoms with E-state index >= 15 is 0 Å². The van der Waals surface area contributed by atoms with Gasteiger partial charge in [-0.2, -0.15) is 0 Å². The van der Waals surface area contributed by atoms with Crippen molar-refractivity contribution in [2.24, 2.45) is 5.92 Å². The Bertz CT molecular complexity index is 303. The van der Waals surface area contributed by atoms with Gasteiger partial charge in [-0.1, -0.05) is 26.7 Å². The minimum atomic E-state index is -3.18. The highest BCUT2D eigenvalue weighted by Crippen LogP contribution is 2.16. The van der Waals surface area contributed by atoms with Gasteiger partial charge in [0, 0.05) is 18.5 Å². The van der Waals surface area contributed by atoms with Gasteiger partial charge >= 0.3 is 0 Å². The summed E-state index contributed by atoms with van der Waals surface area (Å²) in [5.41, 5.74) is 0. The molecule has 6 heteroatoms. The Balaban J connectivity index is 4.44. The van der Waals surface area contributed by atoms with E-state index in [0.717, 1.165) is 12.8 Å². The van der Waals surface area contributed by atoms with Crippen molar-refractivity contribution in [1.82, 2.24) is 9.62 Å². The highest BCUT2D eigenvalue weighted by atomic mass is 35.5. The van der Waals surface area contributed by atoms with Gasteiger partial charge in [-0.25, -0.2) is 13.1 Å². The summed E-state index contributed by atoms with van der Waals surface area (Å²) in [5.74, 6) is 1.00. The molecular formula is C12H27ClN2O2S. The van der Waals surface area contributed by atoms with E-state index in [1.165, 1.54) is 0 Å². The molecule has 0 radical (unpaired) electrons. The molecule has 0 fully saturated rings. The zero-order valence-electron chi connectivity index (χ0n) is 11.9. The molecule has 0 aliphatic carbocycles. The van der Waals surface area contributed by atoms with E-state index in [-0.39, 0.29) is 11.8 Å². The van der Waals surface area contributed by atoms with Crippen LogP contribution in [0.2, 0.25) is 0 Å². The van der Waals surface area contributed by atoms with Gasteiger partial charge in [0.25, 0.3) is 0 Å². The molecule has 1 unspecified atom stereocenters. The van der Waals surface area contributed by atoms with Crippen LogP contribution in [0.15, 0.2) is 0 Å². The third-order valence-corrected chi connectivity index (χ3v) is 5.02. The summed E-state index contributed by atoms with van der Waals surface area (Å²) in [5, 5.41) is 0. The highest BCUT2D eigenvalue weighted by Gasteiger charge is 2.22. The molecule has 1 atom stereocenters. The van der Waals surface area contributed by atoms with Crippen LogP contribution in [0.4, 0.5) is 0 Å². The number of sulfonamides is 1. The first-order chi connectivity index (χ1) is 8.37. The van der Waals surface area contributed by atoms with Gasteiger partial charge in [0.15, 0.2) is 0 Å². The van der Waals surface area contributed by atoms with E-state index in [4.69, 9.17) is 11.6 Å². The van der Waals surface area contributed by atoms with Gasteiger partial charge in [0.2, 0.25) is 10.0 Å². The number of hydrogen-bond donors (Lipinski definition) is 1. The van der Waals surface area contributed by atoms with E-state index in [1.807, 2.05) is 14.1 Å². The third-order valence-electron chi connectivity index (χ3n) is 3.32. The number of alkyl halides is 1. The Hall–Kier alpha value is 0.160. The SMILES string of the molecule is CCC(CC)C(CNS(=O)(=O)CCCCl)N(C)C. The second-order valence-corrected chi connectivity index (χ2v) is 7.12. The fraction of sp³-hybridized carbons (Fsp3) is 1.00. The van der Waals surface area contributed by atoms with Crippen molar-refractivity contribution < 1.29 is 8.42 Å². The molecule has 0 aliphatic heterocycles. The summed E-state index contributed by atoms with van der Waals surface area (Å²) in [6, 6.07) is 0.241. The molecule has 0 amide bonds. The molecule has 1 N–H and O–H groups in total. The molecule has 4 nitrogen and oxygen atoms in total. The third kappa shape index (κ3) is 6.92. The Morgan fingerprint density at radius 3 is 2.17 bits per heavy atom. The number of halogens is 1. The Labute approximate surface area is 117 Å². The van der Waals surface area contributed by atoms with Crippen LogP contribution in [-0.4, -0.2) is 51.6 Å². The summed E-state index contributed by atoms with van der Waals surface area (Å²) in [6.45, 7) is 4.77. The number of rotatable bonds is 10. The number of nitrogens with zero attached hydrogens (tertiary/aromatic N) is 1. The van der Waals surface area contributed by atoms with E-state index in [9.17, 15) is 8.42 Å². The van der Waals surface area contributed by atoms with Gasteiger partial charge < -0.3 is 4.90 Å². The van der Waals surface area contributed by atoms with Crippen molar-refractivity contribution in [2.45, 2.75) is 39.2 Å². The normalized spacial score (nSPS) is 14.4. The number of hydrogen-bond acceptors (Lipinski definition) is 3.